The second kappa shape index (κ2) is 9.39. The van der Waals surface area contributed by atoms with Gasteiger partial charge in [0.15, 0.2) is 0 Å². The number of rotatable bonds is 4. The van der Waals surface area contributed by atoms with Crippen LogP contribution in [-0.4, -0.2) is 37.1 Å². The molecule has 6 heteroatoms. The number of benzene rings is 3. The molecular weight excluding hydrogens is 432 g/mol. The molecule has 2 amide bonds. The van der Waals surface area contributed by atoms with E-state index in [2.05, 4.69) is 34.5 Å². The molecule has 3 aromatic carbocycles. The van der Waals surface area contributed by atoms with Gasteiger partial charge in [-0.15, -0.1) is 0 Å². The van der Waals surface area contributed by atoms with Crippen molar-refractivity contribution in [2.75, 3.05) is 36.4 Å². The molecule has 0 bridgehead atoms. The number of hydrogen-bond acceptors (Lipinski definition) is 2. The van der Waals surface area contributed by atoms with E-state index < -0.39 is 0 Å². The predicted octanol–water partition coefficient (Wildman–Crippen LogP) is 6.06. The van der Waals surface area contributed by atoms with Crippen LogP contribution in [0.1, 0.15) is 24.0 Å². The van der Waals surface area contributed by atoms with Crippen molar-refractivity contribution >= 4 is 23.5 Å². The minimum Gasteiger partial charge on any atom is -0.308 e. The zero-order valence-electron chi connectivity index (χ0n) is 18.9. The third-order valence-corrected chi connectivity index (χ3v) is 6.91. The second-order valence-electron chi connectivity index (χ2n) is 9.08. The van der Waals surface area contributed by atoms with Gasteiger partial charge in [0.25, 0.3) is 0 Å². The van der Waals surface area contributed by atoms with Crippen molar-refractivity contribution in [2.45, 2.75) is 18.3 Å². The number of hydrogen-bond donors (Lipinski definition) is 1. The van der Waals surface area contributed by atoms with Crippen molar-refractivity contribution in [1.29, 1.82) is 0 Å². The molecule has 1 N–H and O–H groups in total. The van der Waals surface area contributed by atoms with Crippen molar-refractivity contribution < 1.29 is 13.6 Å². The maximum absolute atomic E-state index is 14.2. The molecule has 0 aromatic heterocycles. The number of piperidine rings is 1. The van der Waals surface area contributed by atoms with Crippen molar-refractivity contribution in [3.8, 4) is 0 Å². The molecule has 2 aliphatic heterocycles. The summed E-state index contributed by atoms with van der Waals surface area (Å²) in [5.74, 6) is -0.642. The van der Waals surface area contributed by atoms with Gasteiger partial charge in [0.2, 0.25) is 0 Å². The maximum atomic E-state index is 14.2. The summed E-state index contributed by atoms with van der Waals surface area (Å²) in [5, 5.41) is 2.85. The summed E-state index contributed by atoms with van der Waals surface area (Å²) >= 11 is 0. The van der Waals surface area contributed by atoms with Crippen LogP contribution >= 0.6 is 0 Å². The van der Waals surface area contributed by atoms with Gasteiger partial charge in [0.05, 0.1) is 0 Å². The number of fused-ring (bicyclic) bond motifs is 2. The van der Waals surface area contributed by atoms with E-state index in [1.165, 1.54) is 35.9 Å². The van der Waals surface area contributed by atoms with Gasteiger partial charge in [-0.25, -0.2) is 13.6 Å². The summed E-state index contributed by atoms with van der Waals surface area (Å²) in [4.78, 5) is 17.2. The number of likely N-dealkylation sites (tertiary alicyclic amines) is 1. The Hall–Kier alpha value is -3.51. The van der Waals surface area contributed by atoms with Crippen LogP contribution in [0.3, 0.4) is 0 Å². The summed E-state index contributed by atoms with van der Waals surface area (Å²) in [6.45, 7) is 3.12. The lowest BCUT2D eigenvalue weighted by Gasteiger charge is -2.39. The van der Waals surface area contributed by atoms with Crippen LogP contribution in [-0.2, 0) is 5.41 Å². The lowest BCUT2D eigenvalue weighted by Crippen LogP contribution is -2.46. The van der Waals surface area contributed by atoms with Crippen LogP contribution in [0.4, 0.5) is 25.0 Å². The highest BCUT2D eigenvalue weighted by Crippen LogP contribution is 2.47. The van der Waals surface area contributed by atoms with Crippen molar-refractivity contribution in [3.63, 3.8) is 0 Å². The van der Waals surface area contributed by atoms with E-state index in [1.807, 2.05) is 18.2 Å². The van der Waals surface area contributed by atoms with Crippen molar-refractivity contribution in [1.82, 2.24) is 4.90 Å². The number of urea groups is 1. The Morgan fingerprint density at radius 3 is 2.38 bits per heavy atom. The van der Waals surface area contributed by atoms with Gasteiger partial charge in [0.1, 0.15) is 11.6 Å². The fourth-order valence-electron chi connectivity index (χ4n) is 5.04. The number of carbonyl (C=O) groups is 1. The average molecular weight is 460 g/mol. The lowest BCUT2D eigenvalue weighted by molar-refractivity contribution is 0.180. The standard InChI is InChI=1S/C28H27F2N3O/c29-22-8-11-24(12-9-22)31-27(34)33-20-28(25-19-23(30)10-13-26(25)33)14-17-32(18-15-28)16-4-7-21-5-2-1-3-6-21/h1-13,19H,14-18,20H2,(H,31,34). The number of nitrogens with one attached hydrogen (secondary N) is 1. The van der Waals surface area contributed by atoms with E-state index in [-0.39, 0.29) is 23.1 Å². The van der Waals surface area contributed by atoms with E-state index in [0.29, 0.717) is 12.2 Å². The fourth-order valence-corrected chi connectivity index (χ4v) is 5.04. The van der Waals surface area contributed by atoms with Gasteiger partial charge in [-0.3, -0.25) is 9.80 Å². The third kappa shape index (κ3) is 4.59. The summed E-state index contributed by atoms with van der Waals surface area (Å²) < 4.78 is 27.5. The van der Waals surface area contributed by atoms with Crippen LogP contribution in [0.25, 0.3) is 6.08 Å². The first-order chi connectivity index (χ1) is 16.5. The number of anilines is 2. The predicted molar refractivity (Wildman–Crippen MR) is 132 cm³/mol. The Balaban J connectivity index is 1.29. The summed E-state index contributed by atoms with van der Waals surface area (Å²) in [6, 6.07) is 20.3. The van der Waals surface area contributed by atoms with Gasteiger partial charge in [-0.2, -0.15) is 0 Å². The smallest absolute Gasteiger partial charge is 0.308 e. The highest BCUT2D eigenvalue weighted by Gasteiger charge is 2.46. The van der Waals surface area contributed by atoms with Gasteiger partial charge in [-0.05, 0) is 79.5 Å². The van der Waals surface area contributed by atoms with Crippen LogP contribution in [0.2, 0.25) is 0 Å². The van der Waals surface area contributed by atoms with Gasteiger partial charge < -0.3 is 5.32 Å². The Bertz CT molecular complexity index is 1190. The van der Waals surface area contributed by atoms with E-state index in [4.69, 9.17) is 0 Å². The molecular formula is C28H27F2N3O. The quantitative estimate of drug-likeness (QED) is 0.515. The molecule has 0 radical (unpaired) electrons. The number of nitrogens with zero attached hydrogens (tertiary/aromatic N) is 2. The lowest BCUT2D eigenvalue weighted by atomic mass is 9.74. The second-order valence-corrected chi connectivity index (χ2v) is 9.08. The first kappa shape index (κ1) is 22.3. The third-order valence-electron chi connectivity index (χ3n) is 6.91. The minimum atomic E-state index is -0.357. The Morgan fingerprint density at radius 1 is 0.941 bits per heavy atom. The molecule has 2 heterocycles. The average Bonchev–Trinajstić information content (AvgIpc) is 3.16. The normalized spacial score (nSPS) is 17.3. The first-order valence-electron chi connectivity index (χ1n) is 11.6. The van der Waals surface area contributed by atoms with Crippen molar-refractivity contribution in [3.05, 3.63) is 102 Å². The minimum absolute atomic E-state index is 0.267. The largest absolute Gasteiger partial charge is 0.326 e. The molecule has 2 aliphatic rings. The van der Waals surface area contributed by atoms with Gasteiger partial charge in [-0.1, -0.05) is 42.5 Å². The molecule has 3 aromatic rings. The highest BCUT2D eigenvalue weighted by atomic mass is 19.1. The zero-order valence-corrected chi connectivity index (χ0v) is 18.9. The van der Waals surface area contributed by atoms with E-state index in [9.17, 15) is 13.6 Å². The van der Waals surface area contributed by atoms with Crippen LogP contribution in [0, 0.1) is 11.6 Å². The van der Waals surface area contributed by atoms with E-state index in [0.717, 1.165) is 43.7 Å². The van der Waals surface area contributed by atoms with Crippen LogP contribution < -0.4 is 10.2 Å². The molecule has 174 valence electrons. The van der Waals surface area contributed by atoms with E-state index >= 15 is 0 Å². The molecule has 0 unspecified atom stereocenters. The maximum Gasteiger partial charge on any atom is 0.326 e. The molecule has 5 rings (SSSR count). The van der Waals surface area contributed by atoms with Gasteiger partial charge >= 0.3 is 6.03 Å². The van der Waals surface area contributed by atoms with E-state index in [1.54, 1.807) is 17.0 Å². The number of amides is 2. The SMILES string of the molecule is O=C(Nc1ccc(F)cc1)N1CC2(CCN(CC=Cc3ccccc3)CC2)c2cc(F)ccc21. The topological polar surface area (TPSA) is 35.6 Å². The highest BCUT2D eigenvalue weighted by molar-refractivity contribution is 6.03. The zero-order chi connectivity index (χ0) is 23.5. The molecule has 1 spiro atoms. The number of halogens is 2. The summed E-state index contributed by atoms with van der Waals surface area (Å²) in [7, 11) is 0. The Kier molecular flexibility index (Phi) is 6.16. The first-order valence-corrected chi connectivity index (χ1v) is 11.6. The molecule has 0 aliphatic carbocycles. The Labute approximate surface area is 198 Å². The summed E-state index contributed by atoms with van der Waals surface area (Å²) in [5.41, 5.74) is 3.09. The van der Waals surface area contributed by atoms with Crippen molar-refractivity contribution in [2.24, 2.45) is 0 Å². The van der Waals surface area contributed by atoms with Gasteiger partial charge in [0, 0.05) is 29.9 Å². The number of carbonyl (C=O) groups excluding carboxylic acids is 1. The Morgan fingerprint density at radius 2 is 1.65 bits per heavy atom. The molecule has 1 fully saturated rings. The molecule has 0 saturated carbocycles. The molecule has 1 saturated heterocycles. The summed E-state index contributed by atoms with van der Waals surface area (Å²) in [6.07, 6.45) is 6.01. The van der Waals surface area contributed by atoms with Crippen LogP contribution in [0.15, 0.2) is 78.9 Å². The fraction of sp³-hybridized carbons (Fsp3) is 0.250. The monoisotopic (exact) mass is 459 g/mol. The molecule has 4 nitrogen and oxygen atoms in total. The van der Waals surface area contributed by atoms with Crippen LogP contribution in [0.5, 0.6) is 0 Å². The molecule has 0 atom stereocenters. The molecule has 34 heavy (non-hydrogen) atoms.